The highest BCUT2D eigenvalue weighted by atomic mass is 16.3. The van der Waals surface area contributed by atoms with Crippen molar-refractivity contribution >= 4 is 0 Å². The van der Waals surface area contributed by atoms with Crippen molar-refractivity contribution < 1.29 is 10.2 Å². The van der Waals surface area contributed by atoms with Crippen LogP contribution in [0, 0.1) is 17.2 Å². The maximum atomic E-state index is 10.0. The molecule has 0 radical (unpaired) electrons. The first-order chi connectivity index (χ1) is 9.19. The molecule has 4 nitrogen and oxygen atoms in total. The molecule has 1 aromatic carbocycles. The van der Waals surface area contributed by atoms with Gasteiger partial charge in [-0.2, -0.15) is 5.26 Å². The van der Waals surface area contributed by atoms with Gasteiger partial charge in [-0.25, -0.2) is 0 Å². The zero-order valence-corrected chi connectivity index (χ0v) is 10.9. The maximum absolute atomic E-state index is 10.0. The second-order valence-electron chi connectivity index (χ2n) is 5.24. The molecule has 102 valence electrons. The molecule has 3 atom stereocenters. The van der Waals surface area contributed by atoms with Gasteiger partial charge in [0.1, 0.15) is 0 Å². The quantitative estimate of drug-likeness (QED) is 0.747. The predicted molar refractivity (Wildman–Crippen MR) is 72.3 cm³/mol. The average Bonchev–Trinajstić information content (AvgIpc) is 2.84. The number of nitrogens with zero attached hydrogens (tertiary/aromatic N) is 1. The van der Waals surface area contributed by atoms with Crippen LogP contribution in [0.15, 0.2) is 24.3 Å². The van der Waals surface area contributed by atoms with Gasteiger partial charge in [0.05, 0.1) is 23.8 Å². The largest absolute Gasteiger partial charge is 0.393 e. The molecule has 0 spiro atoms. The van der Waals surface area contributed by atoms with Gasteiger partial charge < -0.3 is 15.5 Å². The van der Waals surface area contributed by atoms with Gasteiger partial charge in [0.2, 0.25) is 0 Å². The van der Waals surface area contributed by atoms with Crippen LogP contribution in [-0.2, 0) is 0 Å². The van der Waals surface area contributed by atoms with E-state index in [1.807, 2.05) is 0 Å². The first kappa shape index (κ1) is 14.0. The van der Waals surface area contributed by atoms with Crippen molar-refractivity contribution in [3.05, 3.63) is 35.4 Å². The van der Waals surface area contributed by atoms with Crippen LogP contribution in [0.4, 0.5) is 0 Å². The Labute approximate surface area is 113 Å². The molecular weight excluding hydrogens is 240 g/mol. The van der Waals surface area contributed by atoms with Gasteiger partial charge in [-0.05, 0) is 49.4 Å². The summed E-state index contributed by atoms with van der Waals surface area (Å²) in [6, 6.07) is 9.05. The first-order valence-electron chi connectivity index (χ1n) is 6.76. The molecule has 1 aliphatic rings. The summed E-state index contributed by atoms with van der Waals surface area (Å²) in [5.41, 5.74) is 1.42. The minimum absolute atomic E-state index is 0.143. The van der Waals surface area contributed by atoms with Gasteiger partial charge in [-0.15, -0.1) is 0 Å². The highest BCUT2D eigenvalue weighted by Crippen LogP contribution is 2.24. The molecule has 0 heterocycles. The molecule has 3 N–H and O–H groups in total. The zero-order valence-electron chi connectivity index (χ0n) is 10.9. The summed E-state index contributed by atoms with van der Waals surface area (Å²) < 4.78 is 0. The van der Waals surface area contributed by atoms with Crippen molar-refractivity contribution in [1.29, 1.82) is 5.26 Å². The van der Waals surface area contributed by atoms with E-state index in [9.17, 15) is 10.2 Å². The highest BCUT2D eigenvalue weighted by Gasteiger charge is 2.22. The number of aliphatic hydroxyl groups excluding tert-OH is 2. The summed E-state index contributed by atoms with van der Waals surface area (Å²) >= 11 is 0. The van der Waals surface area contributed by atoms with E-state index >= 15 is 0 Å². The van der Waals surface area contributed by atoms with Gasteiger partial charge >= 0.3 is 0 Å². The average molecular weight is 260 g/mol. The van der Waals surface area contributed by atoms with E-state index in [4.69, 9.17) is 5.26 Å². The second-order valence-corrected chi connectivity index (χ2v) is 5.24. The molecule has 4 heteroatoms. The van der Waals surface area contributed by atoms with Gasteiger partial charge in [-0.3, -0.25) is 0 Å². The third-order valence-electron chi connectivity index (χ3n) is 3.71. The summed E-state index contributed by atoms with van der Waals surface area (Å²) in [6.45, 7) is 1.34. The van der Waals surface area contributed by atoms with Crippen LogP contribution in [-0.4, -0.2) is 29.4 Å². The monoisotopic (exact) mass is 260 g/mol. The fourth-order valence-electron chi connectivity index (χ4n) is 2.56. The Morgan fingerprint density at radius 2 is 2.05 bits per heavy atom. The molecule has 1 aliphatic carbocycles. The lowest BCUT2D eigenvalue weighted by Crippen LogP contribution is -2.26. The van der Waals surface area contributed by atoms with Gasteiger partial charge in [0.15, 0.2) is 0 Å². The lowest BCUT2D eigenvalue weighted by molar-refractivity contribution is 0.167. The number of rotatable bonds is 5. The summed E-state index contributed by atoms with van der Waals surface area (Å²) in [4.78, 5) is 0. The van der Waals surface area contributed by atoms with Crippen molar-refractivity contribution in [2.75, 3.05) is 13.1 Å². The number of nitrogens with one attached hydrogen (secondary N) is 1. The van der Waals surface area contributed by atoms with Crippen molar-refractivity contribution in [3.63, 3.8) is 0 Å². The molecule has 0 aliphatic heterocycles. The minimum Gasteiger partial charge on any atom is -0.393 e. The normalized spacial score (nSPS) is 24.1. The Balaban J connectivity index is 1.74. The van der Waals surface area contributed by atoms with E-state index < -0.39 is 6.10 Å². The molecule has 3 unspecified atom stereocenters. The number of aliphatic hydroxyl groups is 2. The van der Waals surface area contributed by atoms with Crippen molar-refractivity contribution in [2.45, 2.75) is 31.5 Å². The molecule has 2 rings (SSSR count). The molecule has 0 amide bonds. The Hall–Kier alpha value is -1.41. The molecule has 1 fully saturated rings. The Morgan fingerprint density at radius 1 is 1.32 bits per heavy atom. The summed E-state index contributed by atoms with van der Waals surface area (Å²) in [6.07, 6.45) is 2.11. The summed E-state index contributed by atoms with van der Waals surface area (Å²) in [5, 5.41) is 31.4. The van der Waals surface area contributed by atoms with E-state index in [1.54, 1.807) is 24.3 Å². The first-order valence-corrected chi connectivity index (χ1v) is 6.76. The number of hydrogen-bond acceptors (Lipinski definition) is 4. The molecule has 0 bridgehead atoms. The minimum atomic E-state index is -0.556. The molecule has 1 saturated carbocycles. The standard InChI is InChI=1S/C15H20N2O2/c16-8-11-1-4-13(5-2-11)15(19)10-17-9-12-3-6-14(18)7-12/h1-2,4-5,12,14-15,17-19H,3,6-7,9-10H2. The van der Waals surface area contributed by atoms with Crippen LogP contribution in [0.5, 0.6) is 0 Å². The van der Waals surface area contributed by atoms with E-state index in [2.05, 4.69) is 11.4 Å². The molecular formula is C15H20N2O2. The second kappa shape index (κ2) is 6.67. The number of hydrogen-bond donors (Lipinski definition) is 3. The molecule has 19 heavy (non-hydrogen) atoms. The van der Waals surface area contributed by atoms with Crippen LogP contribution in [0.1, 0.15) is 36.5 Å². The topological polar surface area (TPSA) is 76.3 Å². The third kappa shape index (κ3) is 4.03. The summed E-state index contributed by atoms with van der Waals surface area (Å²) in [5.74, 6) is 0.517. The SMILES string of the molecule is N#Cc1ccc(C(O)CNCC2CCC(O)C2)cc1. The van der Waals surface area contributed by atoms with Crippen LogP contribution in [0.3, 0.4) is 0 Å². The van der Waals surface area contributed by atoms with Gasteiger partial charge in [-0.1, -0.05) is 12.1 Å². The van der Waals surface area contributed by atoms with Crippen LogP contribution in [0.25, 0.3) is 0 Å². The van der Waals surface area contributed by atoms with E-state index in [1.165, 1.54) is 0 Å². The van der Waals surface area contributed by atoms with E-state index in [0.717, 1.165) is 31.4 Å². The number of nitriles is 1. The smallest absolute Gasteiger partial charge is 0.0991 e. The molecule has 1 aromatic rings. The molecule has 0 saturated heterocycles. The van der Waals surface area contributed by atoms with Crippen molar-refractivity contribution in [1.82, 2.24) is 5.32 Å². The van der Waals surface area contributed by atoms with Crippen molar-refractivity contribution in [3.8, 4) is 6.07 Å². The Kier molecular flexibility index (Phi) is 4.92. The lowest BCUT2D eigenvalue weighted by atomic mass is 10.1. The van der Waals surface area contributed by atoms with Crippen LogP contribution < -0.4 is 5.32 Å². The van der Waals surface area contributed by atoms with Crippen LogP contribution >= 0.6 is 0 Å². The summed E-state index contributed by atoms with van der Waals surface area (Å²) in [7, 11) is 0. The van der Waals surface area contributed by atoms with Crippen molar-refractivity contribution in [2.24, 2.45) is 5.92 Å². The highest BCUT2D eigenvalue weighted by molar-refractivity contribution is 5.32. The third-order valence-corrected chi connectivity index (χ3v) is 3.71. The predicted octanol–water partition coefficient (Wildman–Crippen LogP) is 1.34. The number of benzene rings is 1. The Morgan fingerprint density at radius 3 is 2.63 bits per heavy atom. The van der Waals surface area contributed by atoms with Crippen LogP contribution in [0.2, 0.25) is 0 Å². The lowest BCUT2D eigenvalue weighted by Gasteiger charge is -2.15. The van der Waals surface area contributed by atoms with Gasteiger partial charge in [0, 0.05) is 6.54 Å². The Bertz CT molecular complexity index is 438. The maximum Gasteiger partial charge on any atom is 0.0991 e. The van der Waals surface area contributed by atoms with E-state index in [-0.39, 0.29) is 6.10 Å². The zero-order chi connectivity index (χ0) is 13.7. The van der Waals surface area contributed by atoms with E-state index in [0.29, 0.717) is 18.0 Å². The fraction of sp³-hybridized carbons (Fsp3) is 0.533. The molecule has 0 aromatic heterocycles. The fourth-order valence-corrected chi connectivity index (χ4v) is 2.56. The van der Waals surface area contributed by atoms with Gasteiger partial charge in [0.25, 0.3) is 0 Å².